The summed E-state index contributed by atoms with van der Waals surface area (Å²) >= 11 is 0. The summed E-state index contributed by atoms with van der Waals surface area (Å²) in [5.41, 5.74) is 2.12. The van der Waals surface area contributed by atoms with Crippen molar-refractivity contribution in [2.45, 2.75) is 39.2 Å². The Morgan fingerprint density at radius 1 is 1.47 bits per heavy atom. The molecule has 0 aliphatic heterocycles. The Kier molecular flexibility index (Phi) is 5.51. The third-order valence-corrected chi connectivity index (χ3v) is 2.54. The molecule has 1 aromatic rings. The Labute approximate surface area is 103 Å². The fourth-order valence-corrected chi connectivity index (χ4v) is 1.85. The molecule has 0 saturated carbocycles. The first kappa shape index (κ1) is 13.5. The van der Waals surface area contributed by atoms with Gasteiger partial charge in [-0.05, 0) is 37.5 Å². The van der Waals surface area contributed by atoms with Crippen LogP contribution in [0.5, 0.6) is 5.75 Å². The number of hydrogen-bond acceptors (Lipinski definition) is 3. The average Bonchev–Trinajstić information content (AvgIpc) is 2.29. The summed E-state index contributed by atoms with van der Waals surface area (Å²) in [6.45, 7) is 4.30. The second-order valence-electron chi connectivity index (χ2n) is 4.04. The third-order valence-electron chi connectivity index (χ3n) is 2.54. The first-order chi connectivity index (χ1) is 8.19. The van der Waals surface area contributed by atoms with Crippen LogP contribution in [0.3, 0.4) is 0 Å². The van der Waals surface area contributed by atoms with E-state index in [-0.39, 0.29) is 0 Å². The first-order valence-corrected chi connectivity index (χ1v) is 5.97. The molecule has 0 aliphatic rings. The largest absolute Gasteiger partial charge is 0.494 e. The van der Waals surface area contributed by atoms with E-state index in [9.17, 15) is 5.11 Å². The van der Waals surface area contributed by atoms with Crippen LogP contribution in [0.1, 0.15) is 31.4 Å². The monoisotopic (exact) mass is 233 g/mol. The van der Waals surface area contributed by atoms with Gasteiger partial charge in [0.05, 0.1) is 18.8 Å². The van der Waals surface area contributed by atoms with Crippen LogP contribution in [0.2, 0.25) is 0 Å². The van der Waals surface area contributed by atoms with E-state index < -0.39 is 6.10 Å². The lowest BCUT2D eigenvalue weighted by Gasteiger charge is -2.15. The quantitative estimate of drug-likeness (QED) is 0.821. The van der Waals surface area contributed by atoms with Gasteiger partial charge in [-0.2, -0.15) is 5.26 Å². The van der Waals surface area contributed by atoms with Crippen LogP contribution in [0.4, 0.5) is 0 Å². The van der Waals surface area contributed by atoms with Crippen LogP contribution in [0.25, 0.3) is 0 Å². The lowest BCUT2D eigenvalue weighted by atomic mass is 9.97. The number of rotatable bonds is 6. The van der Waals surface area contributed by atoms with Gasteiger partial charge in [-0.25, -0.2) is 0 Å². The van der Waals surface area contributed by atoms with E-state index in [0.29, 0.717) is 25.9 Å². The predicted octanol–water partition coefficient (Wildman–Crippen LogP) is 2.46. The lowest BCUT2D eigenvalue weighted by Crippen LogP contribution is -2.09. The summed E-state index contributed by atoms with van der Waals surface area (Å²) < 4.78 is 5.56. The van der Waals surface area contributed by atoms with Gasteiger partial charge in [0.2, 0.25) is 0 Å². The molecule has 1 unspecified atom stereocenters. The summed E-state index contributed by atoms with van der Waals surface area (Å²) in [6, 6.07) is 7.99. The van der Waals surface area contributed by atoms with E-state index in [2.05, 4.69) is 6.07 Å². The highest BCUT2D eigenvalue weighted by Gasteiger charge is 2.11. The molecule has 1 rings (SSSR count). The Bertz CT molecular complexity index is 394. The molecule has 0 aliphatic carbocycles. The second kappa shape index (κ2) is 6.93. The number of ether oxygens (including phenoxy) is 1. The van der Waals surface area contributed by atoms with Gasteiger partial charge in [0.25, 0.3) is 0 Å². The minimum atomic E-state index is -0.405. The standard InChI is InChI=1S/C14H19NO2/c1-3-17-14-8-4-6-12(7-5-9-15)13(14)10-11(2)16/h4,6,8,11,16H,3,5,7,10H2,1-2H3. The van der Waals surface area contributed by atoms with Gasteiger partial charge in [0.15, 0.2) is 0 Å². The van der Waals surface area contributed by atoms with Crippen molar-refractivity contribution >= 4 is 0 Å². The second-order valence-corrected chi connectivity index (χ2v) is 4.04. The number of aryl methyl sites for hydroxylation is 1. The Morgan fingerprint density at radius 3 is 2.82 bits per heavy atom. The topological polar surface area (TPSA) is 53.2 Å². The summed E-state index contributed by atoms with van der Waals surface area (Å²) in [5.74, 6) is 0.823. The Balaban J connectivity index is 3.01. The van der Waals surface area contributed by atoms with E-state index in [1.165, 1.54) is 0 Å². The molecule has 92 valence electrons. The van der Waals surface area contributed by atoms with Gasteiger partial charge in [-0.1, -0.05) is 12.1 Å². The van der Waals surface area contributed by atoms with Crippen LogP contribution >= 0.6 is 0 Å². The van der Waals surface area contributed by atoms with E-state index in [1.807, 2.05) is 25.1 Å². The Morgan fingerprint density at radius 2 is 2.24 bits per heavy atom. The number of aliphatic hydroxyl groups excluding tert-OH is 1. The van der Waals surface area contributed by atoms with Gasteiger partial charge in [-0.3, -0.25) is 0 Å². The van der Waals surface area contributed by atoms with Crippen molar-refractivity contribution in [3.05, 3.63) is 29.3 Å². The van der Waals surface area contributed by atoms with Gasteiger partial charge in [0, 0.05) is 12.8 Å². The molecule has 0 fully saturated rings. The zero-order chi connectivity index (χ0) is 12.7. The molecule has 0 radical (unpaired) electrons. The number of nitriles is 1. The van der Waals surface area contributed by atoms with Crippen molar-refractivity contribution in [3.63, 3.8) is 0 Å². The summed E-state index contributed by atoms with van der Waals surface area (Å²) in [6.07, 6.45) is 1.36. The molecule has 0 aromatic heterocycles. The molecule has 0 heterocycles. The number of benzene rings is 1. The maximum atomic E-state index is 9.53. The van der Waals surface area contributed by atoms with Gasteiger partial charge in [-0.15, -0.1) is 0 Å². The van der Waals surface area contributed by atoms with Crippen LogP contribution in [-0.4, -0.2) is 17.8 Å². The van der Waals surface area contributed by atoms with E-state index in [4.69, 9.17) is 10.00 Å². The molecule has 0 saturated heterocycles. The summed E-state index contributed by atoms with van der Waals surface area (Å²) in [4.78, 5) is 0. The Hall–Kier alpha value is -1.53. The van der Waals surface area contributed by atoms with Crippen molar-refractivity contribution in [1.29, 1.82) is 5.26 Å². The minimum absolute atomic E-state index is 0.405. The third kappa shape index (κ3) is 4.08. The van der Waals surface area contributed by atoms with Gasteiger partial charge in [0.1, 0.15) is 5.75 Å². The molecular formula is C14H19NO2. The fraction of sp³-hybridized carbons (Fsp3) is 0.500. The van der Waals surface area contributed by atoms with E-state index in [0.717, 1.165) is 16.9 Å². The van der Waals surface area contributed by atoms with Crippen molar-refractivity contribution in [3.8, 4) is 11.8 Å². The molecule has 1 atom stereocenters. The number of hydrogen-bond donors (Lipinski definition) is 1. The van der Waals surface area contributed by atoms with Gasteiger partial charge >= 0.3 is 0 Å². The first-order valence-electron chi connectivity index (χ1n) is 5.97. The molecule has 17 heavy (non-hydrogen) atoms. The smallest absolute Gasteiger partial charge is 0.122 e. The zero-order valence-corrected chi connectivity index (χ0v) is 10.4. The van der Waals surface area contributed by atoms with Crippen LogP contribution < -0.4 is 4.74 Å². The highest BCUT2D eigenvalue weighted by atomic mass is 16.5. The normalized spacial score (nSPS) is 11.9. The van der Waals surface area contributed by atoms with Crippen molar-refractivity contribution < 1.29 is 9.84 Å². The molecule has 1 aromatic carbocycles. The summed E-state index contributed by atoms with van der Waals surface area (Å²) in [7, 11) is 0. The fourth-order valence-electron chi connectivity index (χ4n) is 1.85. The zero-order valence-electron chi connectivity index (χ0n) is 10.4. The number of aliphatic hydroxyl groups is 1. The van der Waals surface area contributed by atoms with Crippen LogP contribution in [0, 0.1) is 11.3 Å². The predicted molar refractivity (Wildman–Crippen MR) is 66.9 cm³/mol. The van der Waals surface area contributed by atoms with Crippen molar-refractivity contribution in [1.82, 2.24) is 0 Å². The molecule has 0 spiro atoms. The van der Waals surface area contributed by atoms with Crippen molar-refractivity contribution in [2.75, 3.05) is 6.61 Å². The highest BCUT2D eigenvalue weighted by molar-refractivity contribution is 5.41. The van der Waals surface area contributed by atoms with Gasteiger partial charge < -0.3 is 9.84 Å². The van der Waals surface area contributed by atoms with Crippen molar-refractivity contribution in [2.24, 2.45) is 0 Å². The molecule has 1 N–H and O–H groups in total. The maximum absolute atomic E-state index is 9.53. The minimum Gasteiger partial charge on any atom is -0.494 e. The summed E-state index contributed by atoms with van der Waals surface area (Å²) in [5, 5.41) is 18.2. The van der Waals surface area contributed by atoms with E-state index in [1.54, 1.807) is 6.92 Å². The van der Waals surface area contributed by atoms with Crippen LogP contribution in [-0.2, 0) is 12.8 Å². The average molecular weight is 233 g/mol. The molecule has 3 nitrogen and oxygen atoms in total. The van der Waals surface area contributed by atoms with Crippen LogP contribution in [0.15, 0.2) is 18.2 Å². The lowest BCUT2D eigenvalue weighted by molar-refractivity contribution is 0.193. The molecular weight excluding hydrogens is 214 g/mol. The molecule has 0 amide bonds. The highest BCUT2D eigenvalue weighted by Crippen LogP contribution is 2.25. The molecule has 0 bridgehead atoms. The number of nitrogens with zero attached hydrogens (tertiary/aromatic N) is 1. The molecule has 3 heteroatoms. The SMILES string of the molecule is CCOc1cccc(CCC#N)c1CC(C)O. The maximum Gasteiger partial charge on any atom is 0.122 e. The van der Waals surface area contributed by atoms with E-state index >= 15 is 0 Å².